The molecule has 0 unspecified atom stereocenters. The fourth-order valence-electron chi connectivity index (χ4n) is 5.34. The second-order valence-electron chi connectivity index (χ2n) is 9.99. The van der Waals surface area contributed by atoms with Gasteiger partial charge in [0.05, 0.1) is 7.11 Å². The Morgan fingerprint density at radius 3 is 1.43 bits per heavy atom. The van der Waals surface area contributed by atoms with Crippen LogP contribution in [0.2, 0.25) is 0 Å². The van der Waals surface area contributed by atoms with Gasteiger partial charge in [0.2, 0.25) is 5.91 Å². The van der Waals surface area contributed by atoms with Crippen LogP contribution in [0.4, 0.5) is 0 Å². The molecule has 0 aliphatic heterocycles. The van der Waals surface area contributed by atoms with Crippen molar-refractivity contribution in [1.82, 2.24) is 5.32 Å². The zero-order valence-electron chi connectivity index (χ0n) is 23.3. The summed E-state index contributed by atoms with van der Waals surface area (Å²) in [4.78, 5) is 40.5. The van der Waals surface area contributed by atoms with Crippen LogP contribution < -0.4 is 5.32 Å². The van der Waals surface area contributed by atoms with Crippen molar-refractivity contribution in [2.24, 2.45) is 0 Å². The predicted octanol–water partition coefficient (Wildman–Crippen LogP) is 6.15. The lowest BCUT2D eigenvalue weighted by atomic mass is 9.68. The fraction of sp³-hybridized carbons (Fsp3) is 0.108. The Bertz CT molecular complexity index is 1540. The Labute approximate surface area is 245 Å². The molecule has 5 rings (SSSR count). The van der Waals surface area contributed by atoms with Gasteiger partial charge in [-0.05, 0) is 22.3 Å². The summed E-state index contributed by atoms with van der Waals surface area (Å²) < 4.78 is 5.13. The summed E-state index contributed by atoms with van der Waals surface area (Å²) in [6.45, 7) is 0. The molecule has 5 nitrogen and oxygen atoms in total. The van der Waals surface area contributed by atoms with Crippen molar-refractivity contribution in [3.8, 4) is 0 Å². The number of hydrogen-bond donors (Lipinski definition) is 1. The minimum absolute atomic E-state index is 0.0849. The SMILES string of the molecule is COC(=O)[C@H](Cc1ccc(C(=O)c2ccccc2)cc1)NC(=O)C(c1ccccc1)(c1ccccc1)c1ccccc1. The first-order valence-corrected chi connectivity index (χ1v) is 13.8. The molecule has 0 spiro atoms. The lowest BCUT2D eigenvalue weighted by molar-refractivity contribution is -0.145. The molecule has 0 radical (unpaired) electrons. The van der Waals surface area contributed by atoms with Crippen molar-refractivity contribution in [3.63, 3.8) is 0 Å². The van der Waals surface area contributed by atoms with Crippen LogP contribution in [0, 0.1) is 0 Å². The number of benzene rings is 5. The van der Waals surface area contributed by atoms with Crippen molar-refractivity contribution in [2.75, 3.05) is 7.11 Å². The van der Waals surface area contributed by atoms with Crippen molar-refractivity contribution in [3.05, 3.63) is 179 Å². The van der Waals surface area contributed by atoms with E-state index in [9.17, 15) is 14.4 Å². The monoisotopic (exact) mass is 553 g/mol. The molecule has 42 heavy (non-hydrogen) atoms. The normalized spacial score (nSPS) is 11.7. The Kier molecular flexibility index (Phi) is 8.69. The first-order valence-electron chi connectivity index (χ1n) is 13.8. The van der Waals surface area contributed by atoms with Gasteiger partial charge in [0.1, 0.15) is 11.5 Å². The number of hydrogen-bond acceptors (Lipinski definition) is 4. The van der Waals surface area contributed by atoms with E-state index in [1.54, 1.807) is 36.4 Å². The van der Waals surface area contributed by atoms with Crippen LogP contribution in [-0.2, 0) is 26.2 Å². The molecule has 1 N–H and O–H groups in total. The van der Waals surface area contributed by atoms with Crippen molar-refractivity contribution < 1.29 is 19.1 Å². The van der Waals surface area contributed by atoms with Gasteiger partial charge in [0.15, 0.2) is 5.78 Å². The molecular formula is C37H31NO4. The summed E-state index contributed by atoms with van der Waals surface area (Å²) in [6.07, 6.45) is 0.187. The number of nitrogens with one attached hydrogen (secondary N) is 1. The topological polar surface area (TPSA) is 72.5 Å². The van der Waals surface area contributed by atoms with E-state index in [1.165, 1.54) is 7.11 Å². The van der Waals surface area contributed by atoms with Gasteiger partial charge >= 0.3 is 5.97 Å². The predicted molar refractivity (Wildman–Crippen MR) is 163 cm³/mol. The van der Waals surface area contributed by atoms with Crippen LogP contribution in [0.5, 0.6) is 0 Å². The highest BCUT2D eigenvalue weighted by atomic mass is 16.5. The van der Waals surface area contributed by atoms with E-state index in [1.807, 2.05) is 109 Å². The molecule has 5 aromatic carbocycles. The number of ketones is 1. The number of carbonyl (C=O) groups excluding carboxylic acids is 3. The van der Waals surface area contributed by atoms with Gasteiger partial charge in [-0.3, -0.25) is 9.59 Å². The highest BCUT2D eigenvalue weighted by Crippen LogP contribution is 2.39. The average molecular weight is 554 g/mol. The van der Waals surface area contributed by atoms with E-state index in [-0.39, 0.29) is 18.1 Å². The Balaban J connectivity index is 1.50. The molecular weight excluding hydrogens is 522 g/mol. The van der Waals surface area contributed by atoms with Gasteiger partial charge in [-0.25, -0.2) is 4.79 Å². The second kappa shape index (κ2) is 12.9. The number of methoxy groups -OCH3 is 1. The third-order valence-electron chi connectivity index (χ3n) is 7.44. The Morgan fingerprint density at radius 1 is 0.595 bits per heavy atom. The molecule has 0 bridgehead atoms. The number of esters is 1. The molecule has 0 aromatic heterocycles. The summed E-state index contributed by atoms with van der Waals surface area (Å²) in [5.74, 6) is -0.994. The Morgan fingerprint density at radius 2 is 1.00 bits per heavy atom. The van der Waals surface area contributed by atoms with E-state index in [0.29, 0.717) is 11.1 Å². The maximum Gasteiger partial charge on any atom is 0.328 e. The van der Waals surface area contributed by atoms with Crippen LogP contribution in [0.3, 0.4) is 0 Å². The smallest absolute Gasteiger partial charge is 0.328 e. The van der Waals surface area contributed by atoms with Crippen LogP contribution in [0.1, 0.15) is 38.2 Å². The average Bonchev–Trinajstić information content (AvgIpc) is 3.06. The Hall–Kier alpha value is -5.29. The summed E-state index contributed by atoms with van der Waals surface area (Å²) in [5, 5.41) is 3.04. The number of amides is 1. The van der Waals surface area contributed by atoms with Gasteiger partial charge in [0, 0.05) is 17.5 Å². The first kappa shape index (κ1) is 28.2. The van der Waals surface area contributed by atoms with Gasteiger partial charge < -0.3 is 10.1 Å². The number of ether oxygens (including phenoxy) is 1. The molecule has 1 amide bonds. The van der Waals surface area contributed by atoms with Gasteiger partial charge in [-0.1, -0.05) is 146 Å². The van der Waals surface area contributed by atoms with Gasteiger partial charge in [-0.15, -0.1) is 0 Å². The van der Waals surface area contributed by atoms with Crippen molar-refractivity contribution in [2.45, 2.75) is 17.9 Å². The molecule has 0 saturated carbocycles. The lowest BCUT2D eigenvalue weighted by Gasteiger charge is -2.35. The molecule has 0 aliphatic rings. The van der Waals surface area contributed by atoms with E-state index in [0.717, 1.165) is 22.3 Å². The van der Waals surface area contributed by atoms with Crippen molar-refractivity contribution >= 4 is 17.7 Å². The third kappa shape index (κ3) is 5.77. The quantitative estimate of drug-likeness (QED) is 0.128. The molecule has 0 aliphatic carbocycles. The summed E-state index contributed by atoms with van der Waals surface area (Å²) in [5.41, 5.74) is 3.00. The number of rotatable bonds is 10. The number of carbonyl (C=O) groups is 3. The highest BCUT2D eigenvalue weighted by Gasteiger charge is 2.45. The molecule has 5 heteroatoms. The van der Waals surface area contributed by atoms with Crippen LogP contribution in [-0.4, -0.2) is 30.8 Å². The van der Waals surface area contributed by atoms with Crippen LogP contribution in [0.25, 0.3) is 0 Å². The minimum Gasteiger partial charge on any atom is -0.467 e. The first-order chi connectivity index (χ1) is 20.5. The third-order valence-corrected chi connectivity index (χ3v) is 7.44. The molecule has 0 fully saturated rings. The van der Waals surface area contributed by atoms with E-state index < -0.39 is 17.4 Å². The van der Waals surface area contributed by atoms with E-state index in [2.05, 4.69) is 5.32 Å². The van der Waals surface area contributed by atoms with Crippen LogP contribution >= 0.6 is 0 Å². The minimum atomic E-state index is -1.23. The van der Waals surface area contributed by atoms with Gasteiger partial charge in [0.25, 0.3) is 0 Å². The molecule has 1 atom stereocenters. The standard InChI is InChI=1S/C37H31NO4/c1-42-35(40)33(26-27-22-24-29(25-23-27)34(39)28-14-6-2-7-15-28)38-36(41)37(30-16-8-3-9-17-30,31-18-10-4-11-19-31)32-20-12-5-13-21-32/h2-25,33H,26H2,1H3,(H,38,41)/t33-/m0/s1. The molecule has 5 aromatic rings. The molecule has 0 heterocycles. The largest absolute Gasteiger partial charge is 0.467 e. The lowest BCUT2D eigenvalue weighted by Crippen LogP contribution is -2.52. The fourth-order valence-corrected chi connectivity index (χ4v) is 5.34. The maximum absolute atomic E-state index is 14.6. The van der Waals surface area contributed by atoms with Crippen LogP contribution in [0.15, 0.2) is 146 Å². The highest BCUT2D eigenvalue weighted by molar-refractivity contribution is 6.09. The summed E-state index contributed by atoms with van der Waals surface area (Å²) in [7, 11) is 1.31. The zero-order chi connectivity index (χ0) is 29.4. The van der Waals surface area contributed by atoms with Gasteiger partial charge in [-0.2, -0.15) is 0 Å². The maximum atomic E-state index is 14.6. The van der Waals surface area contributed by atoms with E-state index >= 15 is 0 Å². The zero-order valence-corrected chi connectivity index (χ0v) is 23.3. The molecule has 208 valence electrons. The van der Waals surface area contributed by atoms with Crippen molar-refractivity contribution in [1.29, 1.82) is 0 Å². The summed E-state index contributed by atoms with van der Waals surface area (Å²) in [6, 6.07) is 43.9. The summed E-state index contributed by atoms with van der Waals surface area (Å²) >= 11 is 0. The molecule has 0 saturated heterocycles. The van der Waals surface area contributed by atoms with E-state index in [4.69, 9.17) is 4.74 Å². The second-order valence-corrected chi connectivity index (χ2v) is 9.99.